The third-order valence-electron chi connectivity index (χ3n) is 4.78. The molecule has 2 nitrogen and oxygen atoms in total. The third kappa shape index (κ3) is 1.95. The molecule has 98 valence electrons. The Balaban J connectivity index is 2.09. The minimum Gasteiger partial charge on any atom is -0.466 e. The molecular weight excluding hydrogens is 226 g/mol. The first-order valence-electron chi connectivity index (χ1n) is 6.32. The number of alkyl halides is 2. The Morgan fingerprint density at radius 1 is 1.41 bits per heavy atom. The first kappa shape index (κ1) is 12.8. The topological polar surface area (TPSA) is 26.3 Å². The highest BCUT2D eigenvalue weighted by Crippen LogP contribution is 2.66. The van der Waals surface area contributed by atoms with Gasteiger partial charge in [-0.2, -0.15) is 0 Å². The zero-order valence-electron chi connectivity index (χ0n) is 10.6. The Morgan fingerprint density at radius 2 is 2.06 bits per heavy atom. The van der Waals surface area contributed by atoms with Gasteiger partial charge in [-0.25, -0.2) is 8.78 Å². The molecule has 0 radical (unpaired) electrons. The lowest BCUT2D eigenvalue weighted by Crippen LogP contribution is -2.60. The maximum absolute atomic E-state index is 13.9. The predicted octanol–water partition coefficient (Wildman–Crippen LogP) is 3.26. The molecule has 0 heterocycles. The number of esters is 1. The summed E-state index contributed by atoms with van der Waals surface area (Å²) in [5.74, 6) is -3.95. The molecule has 0 aromatic rings. The quantitative estimate of drug-likeness (QED) is 0.714. The number of carbonyl (C=O) groups is 1. The fraction of sp³-hybridized carbons (Fsp3) is 0.923. The van der Waals surface area contributed by atoms with Crippen molar-refractivity contribution in [1.82, 2.24) is 0 Å². The van der Waals surface area contributed by atoms with Crippen molar-refractivity contribution in [2.45, 2.75) is 46.0 Å². The monoisotopic (exact) mass is 246 g/mol. The van der Waals surface area contributed by atoms with Crippen LogP contribution in [0, 0.1) is 23.2 Å². The summed E-state index contributed by atoms with van der Waals surface area (Å²) in [6, 6.07) is 0. The van der Waals surface area contributed by atoms with Crippen LogP contribution in [-0.4, -0.2) is 18.5 Å². The van der Waals surface area contributed by atoms with E-state index in [1.807, 2.05) is 13.8 Å². The SMILES string of the molecule is CCOC(=O)CC1C2CC(CC1(F)F)C2(C)C. The molecule has 0 aliphatic heterocycles. The summed E-state index contributed by atoms with van der Waals surface area (Å²) >= 11 is 0. The van der Waals surface area contributed by atoms with Gasteiger partial charge in [-0.15, -0.1) is 0 Å². The molecule has 3 fully saturated rings. The summed E-state index contributed by atoms with van der Waals surface area (Å²) in [7, 11) is 0. The molecule has 0 spiro atoms. The molecule has 3 atom stereocenters. The van der Waals surface area contributed by atoms with Gasteiger partial charge < -0.3 is 4.74 Å². The van der Waals surface area contributed by atoms with Crippen molar-refractivity contribution in [1.29, 1.82) is 0 Å². The zero-order chi connectivity index (χ0) is 12.8. The standard InChI is InChI=1S/C13H20F2O2/c1-4-17-11(16)6-10-9-5-8(12(9,2)3)7-13(10,14)15/h8-10H,4-7H2,1-3H3. The van der Waals surface area contributed by atoms with Crippen LogP contribution in [0.2, 0.25) is 0 Å². The molecule has 0 N–H and O–H groups in total. The molecule has 4 heteroatoms. The van der Waals surface area contributed by atoms with Crippen molar-refractivity contribution in [3.8, 4) is 0 Å². The van der Waals surface area contributed by atoms with E-state index in [2.05, 4.69) is 0 Å². The van der Waals surface area contributed by atoms with Gasteiger partial charge in [0.2, 0.25) is 0 Å². The van der Waals surface area contributed by atoms with Gasteiger partial charge in [-0.1, -0.05) is 13.8 Å². The summed E-state index contributed by atoms with van der Waals surface area (Å²) in [5.41, 5.74) is -0.0428. The van der Waals surface area contributed by atoms with Gasteiger partial charge in [0.25, 0.3) is 5.92 Å². The van der Waals surface area contributed by atoms with Crippen molar-refractivity contribution >= 4 is 5.97 Å². The average molecular weight is 246 g/mol. The average Bonchev–Trinajstić information content (AvgIpc) is 2.20. The highest BCUT2D eigenvalue weighted by Gasteiger charge is 2.64. The van der Waals surface area contributed by atoms with E-state index in [-0.39, 0.29) is 36.7 Å². The Morgan fingerprint density at radius 3 is 2.59 bits per heavy atom. The molecule has 3 rings (SSSR count). The van der Waals surface area contributed by atoms with Gasteiger partial charge >= 0.3 is 5.97 Å². The number of rotatable bonds is 3. The molecule has 3 unspecified atom stereocenters. The molecule has 0 amide bonds. The van der Waals surface area contributed by atoms with E-state index in [0.717, 1.165) is 6.42 Å². The molecule has 3 aliphatic rings. The van der Waals surface area contributed by atoms with Gasteiger partial charge in [0.05, 0.1) is 13.0 Å². The van der Waals surface area contributed by atoms with Gasteiger partial charge in [0, 0.05) is 12.3 Å². The number of carbonyl (C=O) groups excluding carboxylic acids is 1. The molecule has 3 saturated carbocycles. The van der Waals surface area contributed by atoms with Crippen LogP contribution < -0.4 is 0 Å². The Bertz CT molecular complexity index is 325. The van der Waals surface area contributed by atoms with E-state index >= 15 is 0 Å². The normalized spacial score (nSPS) is 37.1. The number of ether oxygens (including phenoxy) is 1. The van der Waals surface area contributed by atoms with E-state index in [9.17, 15) is 13.6 Å². The maximum atomic E-state index is 13.9. The molecular formula is C13H20F2O2. The predicted molar refractivity (Wildman–Crippen MR) is 59.7 cm³/mol. The molecule has 0 aromatic carbocycles. The molecule has 0 saturated heterocycles. The van der Waals surface area contributed by atoms with E-state index in [1.54, 1.807) is 6.92 Å². The van der Waals surface area contributed by atoms with Gasteiger partial charge in [-0.05, 0) is 30.6 Å². The minimum atomic E-state index is -2.70. The Labute approximate surface area is 101 Å². The number of halogens is 2. The van der Waals surface area contributed by atoms with Gasteiger partial charge in [-0.3, -0.25) is 4.79 Å². The second-order valence-electron chi connectivity index (χ2n) is 5.94. The molecule has 2 bridgehead atoms. The second kappa shape index (κ2) is 3.92. The summed E-state index contributed by atoms with van der Waals surface area (Å²) < 4.78 is 32.6. The second-order valence-corrected chi connectivity index (χ2v) is 5.94. The summed E-state index contributed by atoms with van der Waals surface area (Å²) in [5, 5.41) is 0. The maximum Gasteiger partial charge on any atom is 0.306 e. The fourth-order valence-electron chi connectivity index (χ4n) is 3.55. The van der Waals surface area contributed by atoms with E-state index in [0.29, 0.717) is 0 Å². The first-order chi connectivity index (χ1) is 7.79. The van der Waals surface area contributed by atoms with Gasteiger partial charge in [0.15, 0.2) is 0 Å². The third-order valence-corrected chi connectivity index (χ3v) is 4.78. The highest BCUT2D eigenvalue weighted by atomic mass is 19.3. The lowest BCUT2D eigenvalue weighted by atomic mass is 9.44. The van der Waals surface area contributed by atoms with Crippen LogP contribution in [-0.2, 0) is 9.53 Å². The van der Waals surface area contributed by atoms with E-state index in [1.165, 1.54) is 0 Å². The lowest BCUT2D eigenvalue weighted by Gasteiger charge is -2.62. The van der Waals surface area contributed by atoms with Crippen molar-refractivity contribution < 1.29 is 18.3 Å². The van der Waals surface area contributed by atoms with Gasteiger partial charge in [0.1, 0.15) is 0 Å². The van der Waals surface area contributed by atoms with Crippen molar-refractivity contribution in [2.24, 2.45) is 23.2 Å². The fourth-order valence-corrected chi connectivity index (χ4v) is 3.55. The van der Waals surface area contributed by atoms with Crippen LogP contribution in [0.25, 0.3) is 0 Å². The van der Waals surface area contributed by atoms with Crippen LogP contribution >= 0.6 is 0 Å². The summed E-state index contributed by atoms with van der Waals surface area (Å²) in [4.78, 5) is 11.4. The van der Waals surface area contributed by atoms with Crippen LogP contribution in [0.15, 0.2) is 0 Å². The van der Waals surface area contributed by atoms with E-state index < -0.39 is 17.8 Å². The summed E-state index contributed by atoms with van der Waals surface area (Å²) in [6.07, 6.45) is 0.634. The van der Waals surface area contributed by atoms with Crippen molar-refractivity contribution in [2.75, 3.05) is 6.61 Å². The molecule has 3 aliphatic carbocycles. The van der Waals surface area contributed by atoms with Crippen LogP contribution in [0.3, 0.4) is 0 Å². The minimum absolute atomic E-state index is 0.0411. The highest BCUT2D eigenvalue weighted by molar-refractivity contribution is 5.70. The Hall–Kier alpha value is -0.670. The largest absolute Gasteiger partial charge is 0.466 e. The summed E-state index contributed by atoms with van der Waals surface area (Å²) in [6.45, 7) is 6.03. The number of fused-ring (bicyclic) bond motifs is 2. The molecule has 17 heavy (non-hydrogen) atoms. The van der Waals surface area contributed by atoms with Crippen molar-refractivity contribution in [3.63, 3.8) is 0 Å². The van der Waals surface area contributed by atoms with E-state index in [4.69, 9.17) is 4.74 Å². The lowest BCUT2D eigenvalue weighted by molar-refractivity contribution is -0.235. The van der Waals surface area contributed by atoms with Crippen LogP contribution in [0.4, 0.5) is 8.78 Å². The number of hydrogen-bond donors (Lipinski definition) is 0. The van der Waals surface area contributed by atoms with Crippen LogP contribution in [0.1, 0.15) is 40.0 Å². The number of hydrogen-bond acceptors (Lipinski definition) is 2. The van der Waals surface area contributed by atoms with Crippen molar-refractivity contribution in [3.05, 3.63) is 0 Å². The molecule has 0 aromatic heterocycles. The first-order valence-corrected chi connectivity index (χ1v) is 6.32. The Kier molecular flexibility index (Phi) is 2.95. The van der Waals surface area contributed by atoms with Crippen LogP contribution in [0.5, 0.6) is 0 Å². The zero-order valence-corrected chi connectivity index (χ0v) is 10.6. The smallest absolute Gasteiger partial charge is 0.306 e.